The van der Waals surface area contributed by atoms with Gasteiger partial charge in [0.15, 0.2) is 5.96 Å². The fraction of sp³-hybridized carbons (Fsp3) is 0.588. The van der Waals surface area contributed by atoms with Crippen LogP contribution >= 0.6 is 0 Å². The standard InChI is InChI=1S/C17H28F2N4O3S/c1-5-27(24,25)23(4)12-6-11-21-17(20-2)22(3)13-14-7-9-15(10-8-14)26-16(18)19/h7-10,16H,5-6,11-13H2,1-4H3,(H,20,21). The smallest absolute Gasteiger partial charge is 0.387 e. The molecule has 1 aromatic rings. The lowest BCUT2D eigenvalue weighted by molar-refractivity contribution is -0.0498. The number of rotatable bonds is 10. The Hall–Kier alpha value is -1.94. The molecule has 27 heavy (non-hydrogen) atoms. The number of halogens is 2. The van der Waals surface area contributed by atoms with Gasteiger partial charge in [-0.25, -0.2) is 12.7 Å². The molecule has 0 aliphatic rings. The molecule has 0 fully saturated rings. The van der Waals surface area contributed by atoms with E-state index in [2.05, 4.69) is 15.0 Å². The number of alkyl halides is 2. The molecule has 154 valence electrons. The third-order valence-corrected chi connectivity index (χ3v) is 5.78. The third-order valence-electron chi connectivity index (χ3n) is 3.91. The minimum atomic E-state index is -3.16. The summed E-state index contributed by atoms with van der Waals surface area (Å²) in [5.74, 6) is 0.858. The predicted molar refractivity (Wildman–Crippen MR) is 103 cm³/mol. The van der Waals surface area contributed by atoms with E-state index in [4.69, 9.17) is 0 Å². The van der Waals surface area contributed by atoms with Crippen molar-refractivity contribution in [2.24, 2.45) is 4.99 Å². The largest absolute Gasteiger partial charge is 0.435 e. The lowest BCUT2D eigenvalue weighted by Gasteiger charge is -2.23. The van der Waals surface area contributed by atoms with Crippen molar-refractivity contribution in [3.05, 3.63) is 29.8 Å². The van der Waals surface area contributed by atoms with E-state index in [0.717, 1.165) is 5.56 Å². The van der Waals surface area contributed by atoms with Gasteiger partial charge in [-0.15, -0.1) is 0 Å². The van der Waals surface area contributed by atoms with Crippen LogP contribution in [0.25, 0.3) is 0 Å². The molecule has 0 aliphatic carbocycles. The molecule has 1 aromatic carbocycles. The average Bonchev–Trinajstić information content (AvgIpc) is 2.62. The Labute approximate surface area is 160 Å². The van der Waals surface area contributed by atoms with Crippen molar-refractivity contribution in [3.63, 3.8) is 0 Å². The van der Waals surface area contributed by atoms with E-state index in [-0.39, 0.29) is 11.5 Å². The zero-order chi connectivity index (χ0) is 20.4. The first-order valence-electron chi connectivity index (χ1n) is 8.59. The highest BCUT2D eigenvalue weighted by Gasteiger charge is 2.14. The Balaban J connectivity index is 2.47. The van der Waals surface area contributed by atoms with Crippen LogP contribution in [0.5, 0.6) is 5.75 Å². The second-order valence-corrected chi connectivity index (χ2v) is 8.29. The van der Waals surface area contributed by atoms with Gasteiger partial charge >= 0.3 is 6.61 Å². The number of nitrogens with zero attached hydrogens (tertiary/aromatic N) is 3. The van der Waals surface area contributed by atoms with Crippen molar-refractivity contribution in [2.75, 3.05) is 40.0 Å². The van der Waals surface area contributed by atoms with Gasteiger partial charge in [0, 0.05) is 40.8 Å². The molecular formula is C17H28F2N4O3S. The first kappa shape index (κ1) is 23.1. The van der Waals surface area contributed by atoms with Gasteiger partial charge in [0.05, 0.1) is 5.75 Å². The van der Waals surface area contributed by atoms with Crippen molar-refractivity contribution in [1.29, 1.82) is 0 Å². The first-order valence-corrected chi connectivity index (χ1v) is 10.2. The Kier molecular flexibility index (Phi) is 9.44. The number of ether oxygens (including phenoxy) is 1. The Morgan fingerprint density at radius 3 is 2.41 bits per heavy atom. The number of sulfonamides is 1. The van der Waals surface area contributed by atoms with E-state index in [0.29, 0.717) is 32.0 Å². The quantitative estimate of drug-likeness (QED) is 0.365. The topological polar surface area (TPSA) is 74.2 Å². The maximum absolute atomic E-state index is 12.2. The second kappa shape index (κ2) is 11.0. The molecule has 0 heterocycles. The molecule has 0 unspecified atom stereocenters. The van der Waals surface area contributed by atoms with E-state index in [1.54, 1.807) is 33.2 Å². The van der Waals surface area contributed by atoms with Gasteiger partial charge in [0.1, 0.15) is 5.75 Å². The van der Waals surface area contributed by atoms with Crippen molar-refractivity contribution in [1.82, 2.24) is 14.5 Å². The van der Waals surface area contributed by atoms with Crippen LogP contribution in [0.15, 0.2) is 29.3 Å². The van der Waals surface area contributed by atoms with Gasteiger partial charge in [0.25, 0.3) is 0 Å². The monoisotopic (exact) mass is 406 g/mol. The molecular weight excluding hydrogens is 378 g/mol. The minimum absolute atomic E-state index is 0.0858. The average molecular weight is 406 g/mol. The molecule has 7 nitrogen and oxygen atoms in total. The van der Waals surface area contributed by atoms with Crippen LogP contribution in [0, 0.1) is 0 Å². The second-order valence-electron chi connectivity index (χ2n) is 5.93. The van der Waals surface area contributed by atoms with Crippen molar-refractivity contribution < 1.29 is 21.9 Å². The van der Waals surface area contributed by atoms with E-state index >= 15 is 0 Å². The maximum atomic E-state index is 12.2. The molecule has 0 amide bonds. The number of aliphatic imine (C=N–C) groups is 1. The van der Waals surface area contributed by atoms with E-state index < -0.39 is 16.6 Å². The van der Waals surface area contributed by atoms with Gasteiger partial charge in [-0.2, -0.15) is 8.78 Å². The van der Waals surface area contributed by atoms with Crippen LogP contribution in [0.4, 0.5) is 8.78 Å². The molecule has 0 radical (unpaired) electrons. The highest BCUT2D eigenvalue weighted by Crippen LogP contribution is 2.15. The van der Waals surface area contributed by atoms with Crippen LogP contribution in [0.3, 0.4) is 0 Å². The lowest BCUT2D eigenvalue weighted by atomic mass is 10.2. The number of hydrogen-bond acceptors (Lipinski definition) is 4. The van der Waals surface area contributed by atoms with Crippen LogP contribution in [0.2, 0.25) is 0 Å². The molecule has 0 aliphatic heterocycles. The molecule has 0 aromatic heterocycles. The van der Waals surface area contributed by atoms with Gasteiger partial charge in [-0.1, -0.05) is 12.1 Å². The third kappa shape index (κ3) is 8.08. The summed E-state index contributed by atoms with van der Waals surface area (Å²) in [6.45, 7) is 0.302. The summed E-state index contributed by atoms with van der Waals surface area (Å²) in [5.41, 5.74) is 0.913. The fourth-order valence-corrected chi connectivity index (χ4v) is 3.22. The van der Waals surface area contributed by atoms with E-state index in [9.17, 15) is 17.2 Å². The van der Waals surface area contributed by atoms with E-state index in [1.165, 1.54) is 16.4 Å². The highest BCUT2D eigenvalue weighted by atomic mass is 32.2. The van der Waals surface area contributed by atoms with Crippen LogP contribution in [0.1, 0.15) is 18.9 Å². The Bertz CT molecular complexity index is 697. The molecule has 0 bridgehead atoms. The van der Waals surface area contributed by atoms with Crippen molar-refractivity contribution in [3.8, 4) is 5.75 Å². The SMILES string of the molecule is CCS(=O)(=O)N(C)CCCNC(=NC)N(C)Cc1ccc(OC(F)F)cc1. The van der Waals surface area contributed by atoms with Gasteiger partial charge in [-0.05, 0) is 31.0 Å². The lowest BCUT2D eigenvalue weighted by Crippen LogP contribution is -2.40. The summed E-state index contributed by atoms with van der Waals surface area (Å²) >= 11 is 0. The van der Waals surface area contributed by atoms with Crippen LogP contribution in [-0.4, -0.2) is 70.2 Å². The highest BCUT2D eigenvalue weighted by molar-refractivity contribution is 7.89. The normalized spacial score (nSPS) is 12.5. The molecule has 10 heteroatoms. The predicted octanol–water partition coefficient (Wildman–Crippen LogP) is 1.97. The molecule has 1 N–H and O–H groups in total. The molecule has 1 rings (SSSR count). The Morgan fingerprint density at radius 2 is 1.89 bits per heavy atom. The molecule has 0 spiro atoms. The summed E-state index contributed by atoms with van der Waals surface area (Å²) in [6.07, 6.45) is 0.641. The van der Waals surface area contributed by atoms with Crippen LogP contribution in [-0.2, 0) is 16.6 Å². The van der Waals surface area contributed by atoms with Gasteiger partial charge < -0.3 is 15.0 Å². The number of benzene rings is 1. The zero-order valence-electron chi connectivity index (χ0n) is 16.2. The number of nitrogens with one attached hydrogen (secondary N) is 1. The van der Waals surface area contributed by atoms with Gasteiger partial charge in [-0.3, -0.25) is 4.99 Å². The summed E-state index contributed by atoms with van der Waals surface area (Å²) in [4.78, 5) is 6.08. The molecule has 0 atom stereocenters. The van der Waals surface area contributed by atoms with Crippen molar-refractivity contribution >= 4 is 16.0 Å². The minimum Gasteiger partial charge on any atom is -0.435 e. The van der Waals surface area contributed by atoms with E-state index in [1.807, 2.05) is 11.9 Å². The zero-order valence-corrected chi connectivity index (χ0v) is 17.0. The van der Waals surface area contributed by atoms with Crippen molar-refractivity contribution in [2.45, 2.75) is 26.5 Å². The summed E-state index contributed by atoms with van der Waals surface area (Å²) in [5, 5.41) is 3.18. The van der Waals surface area contributed by atoms with Crippen LogP contribution < -0.4 is 10.1 Å². The maximum Gasteiger partial charge on any atom is 0.387 e. The summed E-state index contributed by atoms with van der Waals surface area (Å²) in [7, 11) is 1.92. The summed E-state index contributed by atoms with van der Waals surface area (Å²) < 4.78 is 53.4. The fourth-order valence-electron chi connectivity index (χ4n) is 2.37. The number of guanidine groups is 1. The number of hydrogen-bond donors (Lipinski definition) is 1. The molecule has 0 saturated heterocycles. The summed E-state index contributed by atoms with van der Waals surface area (Å²) in [6, 6.07) is 6.42. The molecule has 0 saturated carbocycles. The first-order chi connectivity index (χ1) is 12.7. The van der Waals surface area contributed by atoms with Gasteiger partial charge in [0.2, 0.25) is 10.0 Å². The Morgan fingerprint density at radius 1 is 1.26 bits per heavy atom.